The number of carbonyl (C=O) groups excluding carboxylic acids is 2. The van der Waals surface area contributed by atoms with E-state index in [4.69, 9.17) is 9.47 Å². The molecular formula is C24H33NaO7S. The van der Waals surface area contributed by atoms with Crippen LogP contribution >= 0.6 is 0 Å². The van der Waals surface area contributed by atoms with Crippen molar-refractivity contribution < 1.29 is 61.6 Å². The molecular weight excluding hydrogens is 455 g/mol. The minimum Gasteiger partial charge on any atom is -0.744 e. The summed E-state index contributed by atoms with van der Waals surface area (Å²) >= 11 is 0. The second-order valence-electron chi connectivity index (χ2n) is 7.16. The third kappa shape index (κ3) is 12.5. The molecule has 0 amide bonds. The first kappa shape index (κ1) is 31.6. The van der Waals surface area contributed by atoms with E-state index in [2.05, 4.69) is 12.2 Å². The molecule has 0 aliphatic rings. The summed E-state index contributed by atoms with van der Waals surface area (Å²) in [6.07, 6.45) is 14.6. The molecule has 0 aliphatic carbocycles. The van der Waals surface area contributed by atoms with E-state index in [1.807, 2.05) is 26.0 Å². The summed E-state index contributed by atoms with van der Waals surface area (Å²) in [5.74, 6) is -1.89. The second kappa shape index (κ2) is 18.0. The zero-order chi connectivity index (χ0) is 23.8. The fourth-order valence-electron chi connectivity index (χ4n) is 2.90. The number of ether oxygens (including phenoxy) is 2. The first-order valence-corrected chi connectivity index (χ1v) is 12.5. The first-order chi connectivity index (χ1) is 15.3. The van der Waals surface area contributed by atoms with Gasteiger partial charge in [-0.1, -0.05) is 44.2 Å². The number of esters is 2. The molecule has 0 aromatic heterocycles. The Morgan fingerprint density at radius 2 is 1.36 bits per heavy atom. The van der Waals surface area contributed by atoms with Gasteiger partial charge in [0.2, 0.25) is 0 Å². The van der Waals surface area contributed by atoms with Gasteiger partial charge in [0.25, 0.3) is 0 Å². The van der Waals surface area contributed by atoms with Crippen molar-refractivity contribution in [3.05, 3.63) is 53.6 Å². The van der Waals surface area contributed by atoms with Crippen LogP contribution in [-0.2, 0) is 19.6 Å². The van der Waals surface area contributed by atoms with Crippen LogP contribution < -0.4 is 29.6 Å². The van der Waals surface area contributed by atoms with Gasteiger partial charge in [-0.2, -0.15) is 0 Å². The van der Waals surface area contributed by atoms with Gasteiger partial charge in [0.05, 0.1) is 29.2 Å². The third-order valence-corrected chi connectivity index (χ3v) is 5.40. The van der Waals surface area contributed by atoms with Crippen LogP contribution in [0.15, 0.2) is 47.4 Å². The van der Waals surface area contributed by atoms with Crippen molar-refractivity contribution >= 4 is 22.1 Å². The van der Waals surface area contributed by atoms with Gasteiger partial charge in [-0.3, -0.25) is 0 Å². The molecule has 1 aromatic rings. The van der Waals surface area contributed by atoms with E-state index in [9.17, 15) is 22.6 Å². The predicted octanol–water partition coefficient (Wildman–Crippen LogP) is 2.18. The molecule has 0 fully saturated rings. The van der Waals surface area contributed by atoms with Crippen molar-refractivity contribution in [2.45, 2.75) is 70.1 Å². The Hall–Kier alpha value is -1.45. The summed E-state index contributed by atoms with van der Waals surface area (Å²) < 4.78 is 45.4. The molecule has 0 radical (unpaired) electrons. The van der Waals surface area contributed by atoms with Gasteiger partial charge in [0.15, 0.2) is 0 Å². The average Bonchev–Trinajstić information content (AvgIpc) is 2.76. The SMILES string of the molecule is CC/C=C/CCCCOC(=O)c1cccc(S(=O)(=O)[O-])c1C(=O)OCCCC/C=C/CC.[Na+]. The number of rotatable bonds is 15. The summed E-state index contributed by atoms with van der Waals surface area (Å²) in [6.45, 7) is 4.24. The van der Waals surface area contributed by atoms with Crippen LogP contribution in [0.2, 0.25) is 0 Å². The van der Waals surface area contributed by atoms with Crippen molar-refractivity contribution in [2.24, 2.45) is 0 Å². The monoisotopic (exact) mass is 488 g/mol. The molecule has 1 aromatic carbocycles. The molecule has 0 aliphatic heterocycles. The Morgan fingerprint density at radius 1 is 0.848 bits per heavy atom. The maximum atomic E-state index is 12.6. The number of hydrogen-bond donors (Lipinski definition) is 0. The predicted molar refractivity (Wildman–Crippen MR) is 122 cm³/mol. The quantitative estimate of drug-likeness (QED) is 0.122. The molecule has 0 spiro atoms. The largest absolute Gasteiger partial charge is 1.00 e. The normalized spacial score (nSPS) is 11.5. The number of allylic oxidation sites excluding steroid dienone is 4. The van der Waals surface area contributed by atoms with Gasteiger partial charge in [0, 0.05) is 0 Å². The molecule has 0 N–H and O–H groups in total. The molecule has 7 nitrogen and oxygen atoms in total. The minimum atomic E-state index is -4.99. The molecule has 0 bridgehead atoms. The zero-order valence-electron chi connectivity index (χ0n) is 19.9. The molecule has 0 unspecified atom stereocenters. The van der Waals surface area contributed by atoms with Gasteiger partial charge in [-0.05, 0) is 63.5 Å². The first-order valence-electron chi connectivity index (χ1n) is 11.1. The maximum Gasteiger partial charge on any atom is 1.00 e. The van der Waals surface area contributed by atoms with Crippen LogP contribution in [0, 0.1) is 0 Å². The molecule has 33 heavy (non-hydrogen) atoms. The second-order valence-corrected chi connectivity index (χ2v) is 8.50. The number of unbranched alkanes of at least 4 members (excludes halogenated alkanes) is 4. The van der Waals surface area contributed by atoms with Gasteiger partial charge in [-0.25, -0.2) is 18.0 Å². The third-order valence-electron chi connectivity index (χ3n) is 4.52. The standard InChI is InChI=1S/C24H34O7S.Na/c1-3-5-7-9-11-13-18-30-23(25)20-16-15-17-21(32(27,28)29)22(20)24(26)31-19-14-12-10-8-6-4-2;/h5-8,15-17H,3-4,9-14,18-19H2,1-2H3,(H,27,28,29);/q;+1/p-1/b7-5+,8-6+;. The van der Waals surface area contributed by atoms with E-state index in [1.165, 1.54) is 12.1 Å². The van der Waals surface area contributed by atoms with Crippen LogP contribution in [0.5, 0.6) is 0 Å². The molecule has 0 atom stereocenters. The van der Waals surface area contributed by atoms with Crippen molar-refractivity contribution in [2.75, 3.05) is 13.2 Å². The van der Waals surface area contributed by atoms with E-state index in [-0.39, 0.29) is 48.3 Å². The topological polar surface area (TPSA) is 110 Å². The molecule has 0 heterocycles. The Bertz CT molecular complexity index is 892. The minimum absolute atomic E-state index is 0. The number of hydrogen-bond acceptors (Lipinski definition) is 7. The molecule has 9 heteroatoms. The Balaban J connectivity index is 0.0000102. The van der Waals surface area contributed by atoms with Crippen molar-refractivity contribution in [3.63, 3.8) is 0 Å². The van der Waals surface area contributed by atoms with E-state index < -0.39 is 32.5 Å². The summed E-state index contributed by atoms with van der Waals surface area (Å²) in [6, 6.07) is 3.48. The maximum absolute atomic E-state index is 12.6. The van der Waals surface area contributed by atoms with Crippen LogP contribution in [-0.4, -0.2) is 38.1 Å². The zero-order valence-corrected chi connectivity index (χ0v) is 22.7. The number of benzene rings is 1. The van der Waals surface area contributed by atoms with E-state index >= 15 is 0 Å². The smallest absolute Gasteiger partial charge is 0.744 e. The van der Waals surface area contributed by atoms with Crippen LogP contribution in [0.4, 0.5) is 0 Å². The Labute approximate surface area is 219 Å². The fraction of sp³-hybridized carbons (Fsp3) is 0.500. The number of carbonyl (C=O) groups is 2. The van der Waals surface area contributed by atoms with Crippen LogP contribution in [0.25, 0.3) is 0 Å². The summed E-state index contributed by atoms with van der Waals surface area (Å²) in [7, 11) is -4.99. The summed E-state index contributed by atoms with van der Waals surface area (Å²) in [5.41, 5.74) is -0.854. The van der Waals surface area contributed by atoms with Crippen LogP contribution in [0.1, 0.15) is 85.9 Å². The Kier molecular flexibility index (Phi) is 17.2. The van der Waals surface area contributed by atoms with Crippen molar-refractivity contribution in [1.29, 1.82) is 0 Å². The summed E-state index contributed by atoms with van der Waals surface area (Å²) in [5, 5.41) is 0. The summed E-state index contributed by atoms with van der Waals surface area (Å²) in [4.78, 5) is 24.3. The van der Waals surface area contributed by atoms with Gasteiger partial charge in [-0.15, -0.1) is 0 Å². The van der Waals surface area contributed by atoms with Gasteiger partial charge >= 0.3 is 41.5 Å². The van der Waals surface area contributed by atoms with E-state index in [0.29, 0.717) is 12.8 Å². The molecule has 0 saturated heterocycles. The van der Waals surface area contributed by atoms with E-state index in [0.717, 1.165) is 44.6 Å². The molecule has 178 valence electrons. The van der Waals surface area contributed by atoms with E-state index in [1.54, 1.807) is 0 Å². The van der Waals surface area contributed by atoms with Gasteiger partial charge in [0.1, 0.15) is 10.1 Å². The molecule has 0 saturated carbocycles. The van der Waals surface area contributed by atoms with Gasteiger partial charge < -0.3 is 14.0 Å². The van der Waals surface area contributed by atoms with Crippen LogP contribution in [0.3, 0.4) is 0 Å². The van der Waals surface area contributed by atoms with Crippen molar-refractivity contribution in [1.82, 2.24) is 0 Å². The Morgan fingerprint density at radius 3 is 1.85 bits per heavy atom. The fourth-order valence-corrected chi connectivity index (χ4v) is 3.59. The van der Waals surface area contributed by atoms with Crippen molar-refractivity contribution in [3.8, 4) is 0 Å². The molecule has 1 rings (SSSR count). The average molecular weight is 489 g/mol.